The Morgan fingerprint density at radius 1 is 1.33 bits per heavy atom. The van der Waals surface area contributed by atoms with Crippen molar-refractivity contribution in [1.29, 1.82) is 5.26 Å². The van der Waals surface area contributed by atoms with Gasteiger partial charge >= 0.3 is 0 Å². The number of nitrogens with one attached hydrogen (secondary N) is 1. The van der Waals surface area contributed by atoms with Gasteiger partial charge in [0, 0.05) is 6.54 Å². The molecule has 6 nitrogen and oxygen atoms in total. The first kappa shape index (κ1) is 15.9. The van der Waals surface area contributed by atoms with Gasteiger partial charge in [-0.15, -0.1) is 0 Å². The van der Waals surface area contributed by atoms with Crippen molar-refractivity contribution in [2.24, 2.45) is 5.92 Å². The molecule has 1 aliphatic heterocycles. The van der Waals surface area contributed by atoms with Crippen molar-refractivity contribution in [2.75, 3.05) is 18.1 Å². The lowest BCUT2D eigenvalue weighted by Gasteiger charge is -2.10. The molecule has 0 amide bonds. The third kappa shape index (κ3) is 4.03. The van der Waals surface area contributed by atoms with Crippen LogP contribution in [0.2, 0.25) is 0 Å². The number of nitriles is 1. The molecule has 1 atom stereocenters. The second-order valence-electron chi connectivity index (χ2n) is 5.06. The predicted molar refractivity (Wildman–Crippen MR) is 77.7 cm³/mol. The fourth-order valence-corrected chi connectivity index (χ4v) is 5.48. The fourth-order valence-electron chi connectivity index (χ4n) is 2.37. The third-order valence-electron chi connectivity index (χ3n) is 3.47. The minimum Gasteiger partial charge on any atom is -0.229 e. The average Bonchev–Trinajstić information content (AvgIpc) is 2.78. The molecular formula is C13H16N2O4S2. The van der Waals surface area contributed by atoms with Gasteiger partial charge in [0.15, 0.2) is 9.84 Å². The van der Waals surface area contributed by atoms with Gasteiger partial charge in [0.2, 0.25) is 10.0 Å². The molecule has 114 valence electrons. The molecule has 21 heavy (non-hydrogen) atoms. The first-order valence-electron chi connectivity index (χ1n) is 6.53. The Kier molecular flexibility index (Phi) is 4.66. The van der Waals surface area contributed by atoms with Crippen molar-refractivity contribution in [2.45, 2.75) is 17.7 Å². The summed E-state index contributed by atoms with van der Waals surface area (Å²) < 4.78 is 49.4. The molecular weight excluding hydrogens is 312 g/mol. The monoisotopic (exact) mass is 328 g/mol. The van der Waals surface area contributed by atoms with Crippen LogP contribution in [0.15, 0.2) is 29.2 Å². The Balaban J connectivity index is 1.98. The van der Waals surface area contributed by atoms with Crippen molar-refractivity contribution in [3.8, 4) is 6.07 Å². The first-order valence-corrected chi connectivity index (χ1v) is 9.84. The molecule has 0 aliphatic carbocycles. The van der Waals surface area contributed by atoms with E-state index in [2.05, 4.69) is 4.72 Å². The number of benzene rings is 1. The molecule has 0 aromatic heterocycles. The molecule has 1 saturated heterocycles. The third-order valence-corrected chi connectivity index (χ3v) is 6.82. The molecule has 0 saturated carbocycles. The van der Waals surface area contributed by atoms with Crippen molar-refractivity contribution < 1.29 is 16.8 Å². The fraction of sp³-hybridized carbons (Fsp3) is 0.462. The summed E-state index contributed by atoms with van der Waals surface area (Å²) in [5.74, 6) is 0.314. The molecule has 0 bridgehead atoms. The Labute approximate surface area is 124 Å². The summed E-state index contributed by atoms with van der Waals surface area (Å²) in [6.45, 7) is 0.169. The maximum absolute atomic E-state index is 12.1. The van der Waals surface area contributed by atoms with Gasteiger partial charge in [-0.25, -0.2) is 21.6 Å². The quantitative estimate of drug-likeness (QED) is 0.855. The summed E-state index contributed by atoms with van der Waals surface area (Å²) in [7, 11) is -6.69. The van der Waals surface area contributed by atoms with Crippen LogP contribution >= 0.6 is 0 Å². The minimum atomic E-state index is -3.75. The van der Waals surface area contributed by atoms with Crippen LogP contribution in [0, 0.1) is 17.2 Å². The van der Waals surface area contributed by atoms with E-state index in [1.165, 1.54) is 12.1 Å². The summed E-state index contributed by atoms with van der Waals surface area (Å²) in [6, 6.07) is 7.82. The van der Waals surface area contributed by atoms with E-state index in [9.17, 15) is 16.8 Å². The number of nitrogens with zero attached hydrogens (tertiary/aromatic N) is 1. The molecule has 1 unspecified atom stereocenters. The Bertz CT molecular complexity index is 764. The highest BCUT2D eigenvalue weighted by Crippen LogP contribution is 2.21. The van der Waals surface area contributed by atoms with Crippen LogP contribution in [0.3, 0.4) is 0 Å². The van der Waals surface area contributed by atoms with Crippen LogP contribution < -0.4 is 4.72 Å². The Hall–Kier alpha value is -1.43. The molecule has 8 heteroatoms. The average molecular weight is 328 g/mol. The summed E-state index contributed by atoms with van der Waals surface area (Å²) >= 11 is 0. The zero-order chi connectivity index (χ0) is 15.5. The smallest absolute Gasteiger partial charge is 0.229 e. The van der Waals surface area contributed by atoms with E-state index in [4.69, 9.17) is 5.26 Å². The number of sulfone groups is 1. The zero-order valence-electron chi connectivity index (χ0n) is 11.3. The second kappa shape index (κ2) is 6.13. The van der Waals surface area contributed by atoms with Gasteiger partial charge in [-0.1, -0.05) is 12.1 Å². The van der Waals surface area contributed by atoms with Crippen LogP contribution in [-0.2, 0) is 19.9 Å². The van der Waals surface area contributed by atoms with E-state index in [0.29, 0.717) is 12.8 Å². The molecule has 1 aliphatic rings. The normalized spacial score (nSPS) is 21.0. The highest BCUT2D eigenvalue weighted by molar-refractivity contribution is 7.91. The lowest BCUT2D eigenvalue weighted by molar-refractivity contribution is 0.527. The molecule has 1 aromatic rings. The highest BCUT2D eigenvalue weighted by atomic mass is 32.2. The van der Waals surface area contributed by atoms with Crippen LogP contribution in [0.1, 0.15) is 18.4 Å². The van der Waals surface area contributed by atoms with Crippen LogP contribution in [0.4, 0.5) is 0 Å². The summed E-state index contributed by atoms with van der Waals surface area (Å²) in [4.78, 5) is -0.0495. The van der Waals surface area contributed by atoms with Crippen molar-refractivity contribution in [3.63, 3.8) is 0 Å². The largest absolute Gasteiger partial charge is 0.241 e. The Morgan fingerprint density at radius 3 is 2.67 bits per heavy atom. The van der Waals surface area contributed by atoms with Gasteiger partial charge in [-0.05, 0) is 30.9 Å². The van der Waals surface area contributed by atoms with Crippen LogP contribution in [0.5, 0.6) is 0 Å². The molecule has 0 spiro atoms. The predicted octanol–water partition coefficient (Wildman–Crippen LogP) is 0.661. The van der Waals surface area contributed by atoms with E-state index in [-0.39, 0.29) is 34.4 Å². The Morgan fingerprint density at radius 2 is 2.05 bits per heavy atom. The van der Waals surface area contributed by atoms with E-state index < -0.39 is 19.9 Å². The topological polar surface area (TPSA) is 104 Å². The molecule has 0 radical (unpaired) electrons. The number of rotatable bonds is 5. The van der Waals surface area contributed by atoms with E-state index in [0.717, 1.165) is 0 Å². The summed E-state index contributed by atoms with van der Waals surface area (Å²) in [6.07, 6.45) is 1.06. The van der Waals surface area contributed by atoms with Gasteiger partial charge in [0.25, 0.3) is 0 Å². The molecule has 1 aromatic carbocycles. The van der Waals surface area contributed by atoms with E-state index in [1.807, 2.05) is 6.07 Å². The van der Waals surface area contributed by atoms with Gasteiger partial charge in [0.1, 0.15) is 6.07 Å². The van der Waals surface area contributed by atoms with Crippen molar-refractivity contribution in [3.05, 3.63) is 29.8 Å². The maximum Gasteiger partial charge on any atom is 0.241 e. The summed E-state index contributed by atoms with van der Waals surface area (Å²) in [5, 5.41) is 8.93. The lowest BCUT2D eigenvalue weighted by Crippen LogP contribution is -2.27. The van der Waals surface area contributed by atoms with Gasteiger partial charge in [-0.2, -0.15) is 5.26 Å². The minimum absolute atomic E-state index is 0.00362. The van der Waals surface area contributed by atoms with Crippen LogP contribution in [-0.4, -0.2) is 34.9 Å². The molecule has 2 rings (SSSR count). The van der Waals surface area contributed by atoms with Crippen LogP contribution in [0.25, 0.3) is 0 Å². The number of sulfonamides is 1. The molecule has 1 fully saturated rings. The van der Waals surface area contributed by atoms with Gasteiger partial charge in [-0.3, -0.25) is 0 Å². The lowest BCUT2D eigenvalue weighted by atomic mass is 10.1. The van der Waals surface area contributed by atoms with Gasteiger partial charge < -0.3 is 0 Å². The summed E-state index contributed by atoms with van der Waals surface area (Å²) in [5.41, 5.74) is 0.0912. The second-order valence-corrected chi connectivity index (χ2v) is 9.03. The van der Waals surface area contributed by atoms with E-state index in [1.54, 1.807) is 12.1 Å². The SMILES string of the molecule is N#Cc1ccccc1S(=O)(=O)NCCC1CCS(=O)(=O)C1. The van der Waals surface area contributed by atoms with E-state index >= 15 is 0 Å². The standard InChI is InChI=1S/C13H16N2O4S2/c14-9-12-3-1-2-4-13(12)21(18,19)15-7-5-11-6-8-20(16,17)10-11/h1-4,11,15H,5-8,10H2. The first-order chi connectivity index (χ1) is 9.84. The van der Waals surface area contributed by atoms with Gasteiger partial charge in [0.05, 0.1) is 22.0 Å². The zero-order valence-corrected chi connectivity index (χ0v) is 13.0. The highest BCUT2D eigenvalue weighted by Gasteiger charge is 2.28. The van der Waals surface area contributed by atoms with Crippen molar-refractivity contribution in [1.82, 2.24) is 4.72 Å². The molecule has 1 heterocycles. The number of hydrogen-bond acceptors (Lipinski definition) is 5. The maximum atomic E-state index is 12.1. The molecule has 1 N–H and O–H groups in total. The van der Waals surface area contributed by atoms with Crippen molar-refractivity contribution >= 4 is 19.9 Å². The number of hydrogen-bond donors (Lipinski definition) is 1.